The fourth-order valence-corrected chi connectivity index (χ4v) is 4.60. The van der Waals surface area contributed by atoms with E-state index in [2.05, 4.69) is 15.0 Å². The fraction of sp³-hybridized carbons (Fsp3) is 0.200. The van der Waals surface area contributed by atoms with Crippen LogP contribution in [0.2, 0.25) is 0 Å². The molecular weight excluding hydrogens is 413 g/mol. The van der Waals surface area contributed by atoms with Crippen LogP contribution in [-0.4, -0.2) is 32.3 Å². The number of carbonyl (C=O) groups is 1. The third-order valence-electron chi connectivity index (χ3n) is 4.17. The van der Waals surface area contributed by atoms with Crippen LogP contribution in [0.3, 0.4) is 0 Å². The van der Waals surface area contributed by atoms with E-state index < -0.39 is 15.8 Å². The van der Waals surface area contributed by atoms with Crippen LogP contribution in [0, 0.1) is 12.7 Å². The number of halogens is 1. The molecule has 0 aliphatic carbocycles. The van der Waals surface area contributed by atoms with Crippen LogP contribution in [0.4, 0.5) is 9.52 Å². The topological polar surface area (TPSA) is 88.2 Å². The molecule has 0 atom stereocenters. The summed E-state index contributed by atoms with van der Waals surface area (Å²) in [5.41, 5.74) is 1.55. The smallest absolute Gasteiger partial charge is 0.243 e. The molecule has 0 aliphatic rings. The molecule has 152 valence electrons. The van der Waals surface area contributed by atoms with Gasteiger partial charge in [0.15, 0.2) is 5.13 Å². The van der Waals surface area contributed by atoms with Crippen molar-refractivity contribution in [3.05, 3.63) is 76.5 Å². The molecule has 0 saturated heterocycles. The molecule has 0 spiro atoms. The number of carbonyl (C=O) groups excluding carboxylic acids is 1. The van der Waals surface area contributed by atoms with Gasteiger partial charge in [-0.05, 0) is 31.0 Å². The Morgan fingerprint density at radius 1 is 1.10 bits per heavy atom. The van der Waals surface area contributed by atoms with Crippen LogP contribution in [0.1, 0.15) is 27.2 Å². The highest BCUT2D eigenvalue weighted by Gasteiger charge is 2.18. The van der Waals surface area contributed by atoms with Crippen LogP contribution in [0.5, 0.6) is 0 Å². The minimum Gasteiger partial charge on any atom is -0.361 e. The van der Waals surface area contributed by atoms with E-state index >= 15 is 0 Å². The summed E-state index contributed by atoms with van der Waals surface area (Å²) in [5.74, 6) is -0.863. The second-order valence-corrected chi connectivity index (χ2v) is 9.05. The Labute approximate surface area is 172 Å². The number of anilines is 1. The lowest BCUT2D eigenvalue weighted by Crippen LogP contribution is -2.26. The molecule has 0 saturated carbocycles. The number of hydrogen-bond acceptors (Lipinski definition) is 6. The number of rotatable bonds is 9. The zero-order valence-corrected chi connectivity index (χ0v) is 17.3. The van der Waals surface area contributed by atoms with Crippen molar-refractivity contribution in [1.82, 2.24) is 9.71 Å². The summed E-state index contributed by atoms with van der Waals surface area (Å²) < 4.78 is 40.2. The predicted octanol–water partition coefficient (Wildman–Crippen LogP) is 3.60. The third-order valence-corrected chi connectivity index (χ3v) is 6.62. The molecule has 0 amide bonds. The standard InChI is InChI=1S/C20H20FN3O3S2/c1-14-7-2-3-8-15(14)19(25)17-13-23-20(28-17)22-11-6-12-24-29(26,27)18-10-5-4-9-16(18)21/h2-5,7-10,13,24H,6,11-12H2,1H3,(H,22,23). The van der Waals surface area contributed by atoms with Gasteiger partial charge >= 0.3 is 0 Å². The molecule has 3 rings (SSSR count). The number of benzene rings is 2. The Kier molecular flexibility index (Phi) is 6.73. The Hall–Kier alpha value is -2.62. The summed E-state index contributed by atoms with van der Waals surface area (Å²) in [7, 11) is -3.89. The number of hydrogen-bond donors (Lipinski definition) is 2. The van der Waals surface area contributed by atoms with E-state index in [1.54, 1.807) is 6.07 Å². The third kappa shape index (κ3) is 5.26. The maximum absolute atomic E-state index is 13.6. The quantitative estimate of drug-likeness (QED) is 0.398. The van der Waals surface area contributed by atoms with Gasteiger partial charge in [-0.25, -0.2) is 22.5 Å². The van der Waals surface area contributed by atoms with Crippen molar-refractivity contribution in [3.8, 4) is 0 Å². The SMILES string of the molecule is Cc1ccccc1C(=O)c1cnc(NCCCNS(=O)(=O)c2ccccc2F)s1. The highest BCUT2D eigenvalue weighted by molar-refractivity contribution is 7.89. The minimum absolute atomic E-state index is 0.0775. The molecule has 6 nitrogen and oxygen atoms in total. The molecular formula is C20H20FN3O3S2. The molecule has 29 heavy (non-hydrogen) atoms. The molecule has 0 unspecified atom stereocenters. The molecule has 0 aliphatic heterocycles. The first-order chi connectivity index (χ1) is 13.9. The van der Waals surface area contributed by atoms with Crippen LogP contribution in [-0.2, 0) is 10.0 Å². The first-order valence-corrected chi connectivity index (χ1v) is 11.2. The largest absolute Gasteiger partial charge is 0.361 e. The fourth-order valence-electron chi connectivity index (χ4n) is 2.65. The maximum Gasteiger partial charge on any atom is 0.243 e. The number of nitrogens with zero attached hydrogens (tertiary/aromatic N) is 1. The van der Waals surface area contributed by atoms with Gasteiger partial charge in [-0.15, -0.1) is 0 Å². The number of nitrogens with one attached hydrogen (secondary N) is 2. The van der Waals surface area contributed by atoms with E-state index in [1.807, 2.05) is 25.1 Å². The van der Waals surface area contributed by atoms with E-state index in [1.165, 1.54) is 35.7 Å². The number of thiazole rings is 1. The van der Waals surface area contributed by atoms with E-state index in [0.29, 0.717) is 28.5 Å². The molecule has 0 fully saturated rings. The lowest BCUT2D eigenvalue weighted by Gasteiger charge is -2.07. The van der Waals surface area contributed by atoms with Gasteiger partial charge in [-0.1, -0.05) is 47.7 Å². The Balaban J connectivity index is 1.49. The van der Waals surface area contributed by atoms with Crippen molar-refractivity contribution in [2.45, 2.75) is 18.2 Å². The summed E-state index contributed by atoms with van der Waals surface area (Å²) in [6.45, 7) is 2.48. The van der Waals surface area contributed by atoms with E-state index in [0.717, 1.165) is 11.6 Å². The average Bonchev–Trinajstić information content (AvgIpc) is 3.16. The molecule has 0 radical (unpaired) electrons. The van der Waals surface area contributed by atoms with E-state index in [9.17, 15) is 17.6 Å². The summed E-state index contributed by atoms with van der Waals surface area (Å²) in [6.07, 6.45) is 2.00. The monoisotopic (exact) mass is 433 g/mol. The average molecular weight is 434 g/mol. The number of aryl methyl sites for hydroxylation is 1. The number of aromatic nitrogens is 1. The lowest BCUT2D eigenvalue weighted by molar-refractivity contribution is 0.104. The molecule has 9 heteroatoms. The lowest BCUT2D eigenvalue weighted by atomic mass is 10.0. The van der Waals surface area contributed by atoms with Crippen molar-refractivity contribution >= 4 is 32.3 Å². The molecule has 0 bridgehead atoms. The Bertz CT molecular complexity index is 1110. The highest BCUT2D eigenvalue weighted by atomic mass is 32.2. The van der Waals surface area contributed by atoms with Gasteiger partial charge in [0.2, 0.25) is 15.8 Å². The maximum atomic E-state index is 13.6. The van der Waals surface area contributed by atoms with Crippen molar-refractivity contribution < 1.29 is 17.6 Å². The second kappa shape index (κ2) is 9.25. The zero-order valence-electron chi connectivity index (χ0n) is 15.7. The van der Waals surface area contributed by atoms with E-state index in [-0.39, 0.29) is 17.2 Å². The first-order valence-electron chi connectivity index (χ1n) is 8.93. The summed E-state index contributed by atoms with van der Waals surface area (Å²) >= 11 is 1.25. The minimum atomic E-state index is -3.89. The highest BCUT2D eigenvalue weighted by Crippen LogP contribution is 2.22. The number of sulfonamides is 1. The molecule has 2 aromatic carbocycles. The molecule has 1 heterocycles. The van der Waals surface area contributed by atoms with Crippen LogP contribution in [0.25, 0.3) is 0 Å². The van der Waals surface area contributed by atoms with Crippen LogP contribution >= 0.6 is 11.3 Å². The zero-order chi connectivity index (χ0) is 20.9. The van der Waals surface area contributed by atoms with Gasteiger partial charge in [-0.3, -0.25) is 4.79 Å². The van der Waals surface area contributed by atoms with Gasteiger partial charge < -0.3 is 5.32 Å². The van der Waals surface area contributed by atoms with Gasteiger partial charge in [0.25, 0.3) is 0 Å². The van der Waals surface area contributed by atoms with Crippen molar-refractivity contribution in [1.29, 1.82) is 0 Å². The van der Waals surface area contributed by atoms with Gasteiger partial charge in [0, 0.05) is 18.7 Å². The van der Waals surface area contributed by atoms with Gasteiger partial charge in [0.05, 0.1) is 11.1 Å². The van der Waals surface area contributed by atoms with E-state index in [4.69, 9.17) is 0 Å². The summed E-state index contributed by atoms with van der Waals surface area (Å²) in [4.78, 5) is 16.9. The normalized spacial score (nSPS) is 11.4. The Morgan fingerprint density at radius 3 is 2.59 bits per heavy atom. The summed E-state index contributed by atoms with van der Waals surface area (Å²) in [5, 5.41) is 3.65. The predicted molar refractivity (Wildman–Crippen MR) is 111 cm³/mol. The van der Waals surface area contributed by atoms with Crippen LogP contribution in [0.15, 0.2) is 59.6 Å². The number of ketones is 1. The first kappa shape index (κ1) is 21.1. The molecule has 3 aromatic rings. The van der Waals surface area contributed by atoms with Crippen molar-refractivity contribution in [2.24, 2.45) is 0 Å². The second-order valence-electron chi connectivity index (χ2n) is 6.28. The molecule has 1 aromatic heterocycles. The van der Waals surface area contributed by atoms with Gasteiger partial charge in [0.1, 0.15) is 10.7 Å². The van der Waals surface area contributed by atoms with Crippen molar-refractivity contribution in [2.75, 3.05) is 18.4 Å². The van der Waals surface area contributed by atoms with Crippen LogP contribution < -0.4 is 10.0 Å². The summed E-state index contributed by atoms with van der Waals surface area (Å²) in [6, 6.07) is 12.6. The molecule has 2 N–H and O–H groups in total. The Morgan fingerprint density at radius 2 is 1.83 bits per heavy atom. The van der Waals surface area contributed by atoms with Gasteiger partial charge in [-0.2, -0.15) is 0 Å². The van der Waals surface area contributed by atoms with Crippen molar-refractivity contribution in [3.63, 3.8) is 0 Å².